The van der Waals surface area contributed by atoms with Gasteiger partial charge in [-0.25, -0.2) is 0 Å². The van der Waals surface area contributed by atoms with E-state index in [4.69, 9.17) is 15.2 Å². The summed E-state index contributed by atoms with van der Waals surface area (Å²) >= 11 is 0. The Morgan fingerprint density at radius 3 is 1.52 bits per heavy atom. The van der Waals surface area contributed by atoms with Gasteiger partial charge >= 0.3 is 0 Å². The predicted octanol–water partition coefficient (Wildman–Crippen LogP) is 5.95. The van der Waals surface area contributed by atoms with Gasteiger partial charge in [0.2, 0.25) is 11.8 Å². The van der Waals surface area contributed by atoms with Crippen LogP contribution >= 0.6 is 0 Å². The maximum Gasteiger partial charge on any atom is 0.249 e. The van der Waals surface area contributed by atoms with Crippen LogP contribution in [0.3, 0.4) is 0 Å². The first kappa shape index (κ1) is 17.0. The van der Waals surface area contributed by atoms with Crippen LogP contribution in [0.4, 0.5) is 5.69 Å². The largest absolute Gasteiger partial charge is 0.436 e. The van der Waals surface area contributed by atoms with Gasteiger partial charge in [-0.2, -0.15) is 9.97 Å². The minimum atomic E-state index is 0.244. The van der Waals surface area contributed by atoms with Gasteiger partial charge in [0.05, 0.1) is 0 Å². The number of hydrogen-bond acceptors (Lipinski definition) is 5. The van der Waals surface area contributed by atoms with E-state index in [2.05, 4.69) is 9.97 Å². The molecule has 5 heteroatoms. The molecule has 0 radical (unpaired) electrons. The van der Waals surface area contributed by atoms with Crippen LogP contribution in [0.15, 0.2) is 91.3 Å². The number of hydrogen-bond donors (Lipinski definition) is 1. The Hall–Kier alpha value is -4.12. The molecule has 0 unspecified atom stereocenters. The summed E-state index contributed by atoms with van der Waals surface area (Å²) in [6, 6.07) is 27.6. The maximum absolute atomic E-state index is 6.29. The normalized spacial score (nSPS) is 10.9. The third kappa shape index (κ3) is 3.19. The molecule has 5 rings (SSSR count). The molecule has 0 spiro atoms. The number of fused-ring (bicyclic) bond motifs is 2. The van der Waals surface area contributed by atoms with Crippen LogP contribution in [0.2, 0.25) is 0 Å². The average Bonchev–Trinajstić information content (AvgIpc) is 2.77. The van der Waals surface area contributed by atoms with Crippen LogP contribution in [0.5, 0.6) is 23.3 Å². The van der Waals surface area contributed by atoms with Gasteiger partial charge in [0.15, 0.2) is 5.69 Å². The monoisotopic (exact) mass is 379 g/mol. The smallest absolute Gasteiger partial charge is 0.249 e. The van der Waals surface area contributed by atoms with E-state index in [0.29, 0.717) is 11.5 Å². The standard InChI is InChI=1S/C24H17N3O2/c25-22-23(28-20-13-5-9-16-7-1-3-11-18(16)20)26-15-27-24(22)29-21-14-6-10-17-8-2-4-12-19(17)21/h1-15H,25H2. The highest BCUT2D eigenvalue weighted by atomic mass is 16.5. The molecule has 29 heavy (non-hydrogen) atoms. The molecule has 0 aliphatic heterocycles. The summed E-state index contributed by atoms with van der Waals surface area (Å²) in [6.45, 7) is 0. The fourth-order valence-electron chi connectivity index (χ4n) is 3.30. The van der Waals surface area contributed by atoms with Gasteiger partial charge in [0.25, 0.3) is 0 Å². The molecule has 0 saturated carbocycles. The summed E-state index contributed by atoms with van der Waals surface area (Å²) in [5.41, 5.74) is 6.54. The zero-order valence-electron chi connectivity index (χ0n) is 15.4. The van der Waals surface area contributed by atoms with Crippen molar-refractivity contribution >= 4 is 27.2 Å². The predicted molar refractivity (Wildman–Crippen MR) is 114 cm³/mol. The van der Waals surface area contributed by atoms with E-state index in [-0.39, 0.29) is 17.4 Å². The lowest BCUT2D eigenvalue weighted by Crippen LogP contribution is -2.01. The molecule has 140 valence electrons. The Morgan fingerprint density at radius 1 is 0.552 bits per heavy atom. The van der Waals surface area contributed by atoms with Gasteiger partial charge in [-0.3, -0.25) is 0 Å². The van der Waals surface area contributed by atoms with Gasteiger partial charge in [0, 0.05) is 10.8 Å². The molecule has 0 atom stereocenters. The average molecular weight is 379 g/mol. The van der Waals surface area contributed by atoms with Crippen LogP contribution in [0.1, 0.15) is 0 Å². The second kappa shape index (κ2) is 7.13. The van der Waals surface area contributed by atoms with Gasteiger partial charge in [0.1, 0.15) is 17.8 Å². The van der Waals surface area contributed by atoms with Gasteiger partial charge in [-0.15, -0.1) is 0 Å². The number of anilines is 1. The molecule has 0 aliphatic carbocycles. The Balaban J connectivity index is 1.52. The van der Waals surface area contributed by atoms with E-state index in [0.717, 1.165) is 21.5 Å². The molecule has 0 saturated heterocycles. The highest BCUT2D eigenvalue weighted by molar-refractivity contribution is 5.89. The van der Waals surface area contributed by atoms with E-state index < -0.39 is 0 Å². The number of nitrogen functional groups attached to an aromatic ring is 1. The van der Waals surface area contributed by atoms with Crippen molar-refractivity contribution in [3.63, 3.8) is 0 Å². The van der Waals surface area contributed by atoms with Crippen LogP contribution in [-0.2, 0) is 0 Å². The van der Waals surface area contributed by atoms with Crippen molar-refractivity contribution < 1.29 is 9.47 Å². The number of nitrogens with zero attached hydrogens (tertiary/aromatic N) is 2. The quantitative estimate of drug-likeness (QED) is 0.418. The number of aromatic nitrogens is 2. The first-order chi connectivity index (χ1) is 14.3. The fraction of sp³-hybridized carbons (Fsp3) is 0. The summed E-state index contributed by atoms with van der Waals surface area (Å²) in [4.78, 5) is 8.41. The molecule has 5 nitrogen and oxygen atoms in total. The first-order valence-electron chi connectivity index (χ1n) is 9.21. The number of benzene rings is 4. The van der Waals surface area contributed by atoms with Crippen molar-refractivity contribution in [1.82, 2.24) is 9.97 Å². The molecule has 0 fully saturated rings. The lowest BCUT2D eigenvalue weighted by molar-refractivity contribution is 0.443. The molecular weight excluding hydrogens is 362 g/mol. The zero-order chi connectivity index (χ0) is 19.6. The summed E-state index contributed by atoms with van der Waals surface area (Å²) in [5.74, 6) is 1.85. The topological polar surface area (TPSA) is 70.3 Å². The highest BCUT2D eigenvalue weighted by Crippen LogP contribution is 2.37. The van der Waals surface area contributed by atoms with Crippen LogP contribution in [0, 0.1) is 0 Å². The van der Waals surface area contributed by atoms with Crippen LogP contribution < -0.4 is 15.2 Å². The molecule has 1 heterocycles. The number of rotatable bonds is 4. The molecule has 2 N–H and O–H groups in total. The zero-order valence-corrected chi connectivity index (χ0v) is 15.4. The van der Waals surface area contributed by atoms with Crippen molar-refractivity contribution in [2.45, 2.75) is 0 Å². The highest BCUT2D eigenvalue weighted by Gasteiger charge is 2.14. The minimum Gasteiger partial charge on any atom is -0.436 e. The molecule has 1 aromatic heterocycles. The van der Waals surface area contributed by atoms with Crippen molar-refractivity contribution in [3.05, 3.63) is 91.3 Å². The third-order valence-electron chi connectivity index (χ3n) is 4.72. The molecule has 0 bridgehead atoms. The summed E-state index contributed by atoms with van der Waals surface area (Å²) < 4.78 is 12.1. The van der Waals surface area contributed by atoms with Gasteiger partial charge < -0.3 is 15.2 Å². The lowest BCUT2D eigenvalue weighted by atomic mass is 10.1. The van der Waals surface area contributed by atoms with E-state index in [1.54, 1.807) is 0 Å². The van der Waals surface area contributed by atoms with E-state index in [1.807, 2.05) is 84.9 Å². The van der Waals surface area contributed by atoms with Crippen molar-refractivity contribution in [2.75, 3.05) is 5.73 Å². The SMILES string of the molecule is Nc1c(Oc2cccc3ccccc23)ncnc1Oc1cccc2ccccc12. The second-order valence-corrected chi connectivity index (χ2v) is 6.56. The van der Waals surface area contributed by atoms with E-state index in [9.17, 15) is 0 Å². The first-order valence-corrected chi connectivity index (χ1v) is 9.21. The van der Waals surface area contributed by atoms with Gasteiger partial charge in [-0.05, 0) is 22.9 Å². The Labute approximate surface area is 167 Å². The Morgan fingerprint density at radius 2 is 1.00 bits per heavy atom. The molecule has 0 aliphatic rings. The fourth-order valence-corrected chi connectivity index (χ4v) is 3.30. The molecular formula is C24H17N3O2. The van der Waals surface area contributed by atoms with E-state index >= 15 is 0 Å². The maximum atomic E-state index is 6.29. The Kier molecular flexibility index (Phi) is 4.18. The van der Waals surface area contributed by atoms with E-state index in [1.165, 1.54) is 6.33 Å². The van der Waals surface area contributed by atoms with Crippen LogP contribution in [-0.4, -0.2) is 9.97 Å². The van der Waals surface area contributed by atoms with Crippen molar-refractivity contribution in [1.29, 1.82) is 0 Å². The minimum absolute atomic E-state index is 0.244. The lowest BCUT2D eigenvalue weighted by Gasteiger charge is -2.13. The summed E-state index contributed by atoms with van der Waals surface area (Å²) in [6.07, 6.45) is 1.39. The van der Waals surface area contributed by atoms with Crippen molar-refractivity contribution in [3.8, 4) is 23.3 Å². The summed E-state index contributed by atoms with van der Waals surface area (Å²) in [7, 11) is 0. The molecule has 5 aromatic rings. The second-order valence-electron chi connectivity index (χ2n) is 6.56. The number of ether oxygens (including phenoxy) is 2. The molecule has 4 aromatic carbocycles. The van der Waals surface area contributed by atoms with Crippen LogP contribution in [0.25, 0.3) is 21.5 Å². The number of nitrogens with two attached hydrogens (primary N) is 1. The third-order valence-corrected chi connectivity index (χ3v) is 4.72. The summed E-state index contributed by atoms with van der Waals surface area (Å²) in [5, 5.41) is 4.10. The molecule has 0 amide bonds. The van der Waals surface area contributed by atoms with Gasteiger partial charge in [-0.1, -0.05) is 72.8 Å². The Bertz CT molecular complexity index is 1220. The van der Waals surface area contributed by atoms with Crippen molar-refractivity contribution in [2.24, 2.45) is 0 Å².